The van der Waals surface area contributed by atoms with Crippen LogP contribution in [0.3, 0.4) is 0 Å². The zero-order valence-electron chi connectivity index (χ0n) is 13.9. The van der Waals surface area contributed by atoms with Crippen LogP contribution in [0.5, 0.6) is 0 Å². The van der Waals surface area contributed by atoms with Gasteiger partial charge in [-0.2, -0.15) is 0 Å². The molecule has 0 atom stereocenters. The molecule has 4 aromatic heterocycles. The Morgan fingerprint density at radius 3 is 2.69 bits per heavy atom. The lowest BCUT2D eigenvalue weighted by atomic mass is 10.1. The molecule has 0 fully saturated rings. The van der Waals surface area contributed by atoms with Gasteiger partial charge >= 0.3 is 0 Å². The summed E-state index contributed by atoms with van der Waals surface area (Å²) in [6.07, 6.45) is 14.2. The molecule has 0 unspecified atom stereocenters. The topological polar surface area (TPSA) is 43.6 Å². The summed E-state index contributed by atoms with van der Waals surface area (Å²) in [6, 6.07) is 8.53. The van der Waals surface area contributed by atoms with E-state index >= 15 is 0 Å². The first-order valence-electron chi connectivity index (χ1n) is 8.68. The summed E-state index contributed by atoms with van der Waals surface area (Å²) >= 11 is 1.86. The maximum Gasteiger partial charge on any atom is 0.115 e. The van der Waals surface area contributed by atoms with Gasteiger partial charge in [0.1, 0.15) is 6.33 Å². The van der Waals surface area contributed by atoms with E-state index in [9.17, 15) is 0 Å². The molecule has 26 heavy (non-hydrogen) atoms. The van der Waals surface area contributed by atoms with Crippen LogP contribution < -0.4 is 9.75 Å². The number of fused-ring (bicyclic) bond motifs is 7. The SMILES string of the molecule is C1=c2sc3c(ncc4c3c3ccccc3n4-c3cncnc3)c2=CCC1. The second-order valence-corrected chi connectivity index (χ2v) is 7.56. The Balaban J connectivity index is 1.89. The number of benzene rings is 1. The third-order valence-electron chi connectivity index (χ3n) is 5.05. The maximum absolute atomic E-state index is 4.86. The van der Waals surface area contributed by atoms with Crippen molar-refractivity contribution in [2.45, 2.75) is 12.8 Å². The molecule has 124 valence electrons. The molecule has 0 N–H and O–H groups in total. The van der Waals surface area contributed by atoms with Crippen LogP contribution in [0.1, 0.15) is 12.8 Å². The monoisotopic (exact) mass is 354 g/mol. The van der Waals surface area contributed by atoms with Gasteiger partial charge in [0.05, 0.1) is 45.5 Å². The van der Waals surface area contributed by atoms with Gasteiger partial charge in [-0.3, -0.25) is 4.98 Å². The molecule has 0 amide bonds. The van der Waals surface area contributed by atoms with Crippen molar-refractivity contribution in [1.82, 2.24) is 19.5 Å². The van der Waals surface area contributed by atoms with E-state index in [1.54, 1.807) is 6.33 Å². The number of nitrogens with zero attached hydrogens (tertiary/aromatic N) is 4. The minimum atomic E-state index is 0.958. The van der Waals surface area contributed by atoms with E-state index in [1.807, 2.05) is 29.9 Å². The maximum atomic E-state index is 4.86. The quantitative estimate of drug-likeness (QED) is 0.462. The highest BCUT2D eigenvalue weighted by molar-refractivity contribution is 7.18. The van der Waals surface area contributed by atoms with Gasteiger partial charge in [-0.05, 0) is 18.9 Å². The third kappa shape index (κ3) is 1.81. The van der Waals surface area contributed by atoms with E-state index < -0.39 is 0 Å². The zero-order valence-corrected chi connectivity index (χ0v) is 14.7. The molecule has 5 heteroatoms. The van der Waals surface area contributed by atoms with Gasteiger partial charge in [-0.25, -0.2) is 9.97 Å². The van der Waals surface area contributed by atoms with Crippen molar-refractivity contribution in [2.75, 3.05) is 0 Å². The lowest BCUT2D eigenvalue weighted by molar-refractivity contribution is 1.07. The number of rotatable bonds is 1. The van der Waals surface area contributed by atoms with Crippen molar-refractivity contribution < 1.29 is 0 Å². The first kappa shape index (κ1) is 14.2. The fourth-order valence-electron chi connectivity index (χ4n) is 3.97. The summed E-state index contributed by atoms with van der Waals surface area (Å²) < 4.78 is 4.84. The average molecular weight is 354 g/mol. The zero-order chi connectivity index (χ0) is 17.1. The molecule has 1 aliphatic rings. The predicted octanol–water partition coefficient (Wildman–Crippen LogP) is 3.54. The summed E-state index contributed by atoms with van der Waals surface area (Å²) in [5, 5.41) is 3.83. The summed E-state index contributed by atoms with van der Waals surface area (Å²) in [5.41, 5.74) is 4.35. The Morgan fingerprint density at radius 1 is 0.923 bits per heavy atom. The first-order valence-corrected chi connectivity index (χ1v) is 9.50. The van der Waals surface area contributed by atoms with Crippen molar-refractivity contribution in [1.29, 1.82) is 0 Å². The van der Waals surface area contributed by atoms with Crippen molar-refractivity contribution in [2.24, 2.45) is 0 Å². The van der Waals surface area contributed by atoms with E-state index in [-0.39, 0.29) is 0 Å². The van der Waals surface area contributed by atoms with Crippen LogP contribution >= 0.6 is 11.3 Å². The van der Waals surface area contributed by atoms with Gasteiger partial charge < -0.3 is 4.57 Å². The predicted molar refractivity (Wildman–Crippen MR) is 107 cm³/mol. The standard InChI is InChI=1S/C21H14N4S/c1-3-7-16-14(5-1)19-17(25(16)13-9-22-12-23-10-13)11-24-20-15-6-2-4-8-18(15)26-21(19)20/h1,3,5-12H,2,4H2. The second-order valence-electron chi connectivity index (χ2n) is 6.51. The van der Waals surface area contributed by atoms with Crippen molar-refractivity contribution >= 4 is 55.5 Å². The molecule has 1 aromatic carbocycles. The molecule has 0 saturated heterocycles. The highest BCUT2D eigenvalue weighted by Crippen LogP contribution is 2.36. The summed E-state index contributed by atoms with van der Waals surface area (Å²) in [7, 11) is 0. The van der Waals surface area contributed by atoms with Crippen molar-refractivity contribution in [3.8, 4) is 5.69 Å². The lowest BCUT2D eigenvalue weighted by Crippen LogP contribution is -2.21. The first-order chi connectivity index (χ1) is 12.9. The largest absolute Gasteiger partial charge is 0.305 e. The Hall–Kier alpha value is -3.05. The van der Waals surface area contributed by atoms with Crippen LogP contribution in [0.2, 0.25) is 0 Å². The van der Waals surface area contributed by atoms with Crippen LogP contribution in [0.15, 0.2) is 49.2 Å². The molecular formula is C21H14N4S. The van der Waals surface area contributed by atoms with Crippen LogP contribution in [0.25, 0.3) is 49.9 Å². The Kier molecular flexibility index (Phi) is 2.84. The van der Waals surface area contributed by atoms with Crippen LogP contribution in [-0.2, 0) is 0 Å². The Bertz CT molecular complexity index is 1430. The molecule has 4 heterocycles. The molecule has 6 rings (SSSR count). The molecule has 0 saturated carbocycles. The molecule has 0 aliphatic heterocycles. The number of hydrogen-bond donors (Lipinski definition) is 0. The molecule has 0 bridgehead atoms. The number of pyridine rings is 1. The lowest BCUT2D eigenvalue weighted by Gasteiger charge is -2.05. The smallest absolute Gasteiger partial charge is 0.115 e. The molecule has 1 aliphatic carbocycles. The van der Waals surface area contributed by atoms with Gasteiger partial charge in [0.25, 0.3) is 0 Å². The normalized spacial score (nSPS) is 13.7. The van der Waals surface area contributed by atoms with Crippen LogP contribution in [0, 0.1) is 0 Å². The van der Waals surface area contributed by atoms with Crippen LogP contribution in [-0.4, -0.2) is 19.5 Å². The van der Waals surface area contributed by atoms with E-state index in [0.29, 0.717) is 0 Å². The van der Waals surface area contributed by atoms with E-state index in [2.05, 4.69) is 51.0 Å². The number of aromatic nitrogens is 4. The molecule has 5 aromatic rings. The molecule has 0 spiro atoms. The summed E-state index contributed by atoms with van der Waals surface area (Å²) in [5.74, 6) is 0. The van der Waals surface area contributed by atoms with Gasteiger partial charge in [-0.1, -0.05) is 30.4 Å². The van der Waals surface area contributed by atoms with E-state index in [4.69, 9.17) is 4.98 Å². The molecular weight excluding hydrogens is 340 g/mol. The van der Waals surface area contributed by atoms with Gasteiger partial charge in [0.15, 0.2) is 0 Å². The summed E-state index contributed by atoms with van der Waals surface area (Å²) in [4.78, 5) is 13.3. The van der Waals surface area contributed by atoms with E-state index in [1.165, 1.54) is 25.2 Å². The fourth-order valence-corrected chi connectivity index (χ4v) is 5.26. The van der Waals surface area contributed by atoms with Crippen molar-refractivity contribution in [3.63, 3.8) is 0 Å². The minimum Gasteiger partial charge on any atom is -0.305 e. The summed E-state index contributed by atoms with van der Waals surface area (Å²) in [6.45, 7) is 0. The minimum absolute atomic E-state index is 0.958. The fraction of sp³-hybridized carbons (Fsp3) is 0.0952. The van der Waals surface area contributed by atoms with E-state index in [0.717, 1.165) is 35.1 Å². The molecule has 4 nitrogen and oxygen atoms in total. The average Bonchev–Trinajstić information content (AvgIpc) is 3.24. The van der Waals surface area contributed by atoms with Crippen molar-refractivity contribution in [3.05, 3.63) is 58.9 Å². The number of para-hydroxylation sites is 1. The van der Waals surface area contributed by atoms with Gasteiger partial charge in [0.2, 0.25) is 0 Å². The Labute approximate surface area is 152 Å². The third-order valence-corrected chi connectivity index (χ3v) is 6.26. The number of thiophene rings is 1. The van der Waals surface area contributed by atoms with Gasteiger partial charge in [-0.15, -0.1) is 11.3 Å². The molecule has 0 radical (unpaired) electrons. The van der Waals surface area contributed by atoms with Crippen LogP contribution in [0.4, 0.5) is 0 Å². The van der Waals surface area contributed by atoms with Gasteiger partial charge in [0, 0.05) is 20.5 Å². The highest BCUT2D eigenvalue weighted by Gasteiger charge is 2.17. The number of hydrogen-bond acceptors (Lipinski definition) is 4. The second kappa shape index (κ2) is 5.22. The Morgan fingerprint density at radius 2 is 1.77 bits per heavy atom. The highest BCUT2D eigenvalue weighted by atomic mass is 32.1.